The fourth-order valence-electron chi connectivity index (χ4n) is 1.23. The summed E-state index contributed by atoms with van der Waals surface area (Å²) in [5, 5.41) is 9.44. The first kappa shape index (κ1) is 13.9. The van der Waals surface area contributed by atoms with E-state index in [9.17, 15) is 14.7 Å². The number of para-hydroxylation sites is 1. The molecule has 0 aromatic heterocycles. The van der Waals surface area contributed by atoms with Gasteiger partial charge in [-0.05, 0) is 25.1 Å². The minimum atomic E-state index is -0.764. The molecule has 1 aromatic rings. The van der Waals surface area contributed by atoms with Crippen LogP contribution in [0.4, 0.5) is 0 Å². The Morgan fingerprint density at radius 3 is 2.72 bits per heavy atom. The van der Waals surface area contributed by atoms with Crippen LogP contribution in [-0.4, -0.2) is 23.6 Å². The molecule has 0 aliphatic heterocycles. The minimum absolute atomic E-state index is 0.0519. The van der Waals surface area contributed by atoms with Crippen LogP contribution in [0.25, 0.3) is 6.08 Å². The maximum absolute atomic E-state index is 11.3. The van der Waals surface area contributed by atoms with Crippen molar-refractivity contribution in [3.8, 4) is 5.75 Å². The molecule has 96 valence electrons. The summed E-state index contributed by atoms with van der Waals surface area (Å²) in [4.78, 5) is 22.4. The largest absolute Gasteiger partial charge is 0.507 e. The van der Waals surface area contributed by atoms with Crippen molar-refractivity contribution < 1.29 is 19.4 Å². The molecular formula is C13H15NO4. The fraction of sp³-hybridized carbons (Fsp3) is 0.231. The molecule has 3 N–H and O–H groups in total. The van der Waals surface area contributed by atoms with Gasteiger partial charge in [-0.25, -0.2) is 4.79 Å². The Morgan fingerprint density at radius 2 is 2.06 bits per heavy atom. The predicted octanol–water partition coefficient (Wildman–Crippen LogP) is 1.21. The van der Waals surface area contributed by atoms with E-state index in [1.54, 1.807) is 18.2 Å². The van der Waals surface area contributed by atoms with Crippen molar-refractivity contribution in [2.75, 3.05) is 6.54 Å². The van der Waals surface area contributed by atoms with Crippen LogP contribution in [0.3, 0.4) is 0 Å². The lowest BCUT2D eigenvalue weighted by molar-refractivity contribution is -0.156. The number of ether oxygens (including phenoxy) is 1. The molecule has 0 unspecified atom stereocenters. The van der Waals surface area contributed by atoms with E-state index < -0.39 is 11.9 Å². The van der Waals surface area contributed by atoms with Gasteiger partial charge in [-0.3, -0.25) is 4.79 Å². The lowest BCUT2D eigenvalue weighted by Gasteiger charge is -1.99. The monoisotopic (exact) mass is 249 g/mol. The number of hydrogen-bond donors (Lipinski definition) is 2. The Balaban J connectivity index is 2.50. The Bertz CT molecular complexity index is 454. The molecule has 0 saturated heterocycles. The predicted molar refractivity (Wildman–Crippen MR) is 66.5 cm³/mol. The highest BCUT2D eigenvalue weighted by Gasteiger charge is 2.06. The number of aromatic hydroxyl groups is 1. The van der Waals surface area contributed by atoms with Crippen LogP contribution >= 0.6 is 0 Å². The van der Waals surface area contributed by atoms with Crippen molar-refractivity contribution in [3.05, 3.63) is 35.9 Å². The van der Waals surface area contributed by atoms with E-state index >= 15 is 0 Å². The SMILES string of the molecule is NCCCC(=O)OC(=O)/C=C/c1ccccc1O. The first-order valence-electron chi connectivity index (χ1n) is 5.54. The normalized spacial score (nSPS) is 10.5. The number of rotatable bonds is 5. The van der Waals surface area contributed by atoms with Gasteiger partial charge in [0.2, 0.25) is 0 Å². The van der Waals surface area contributed by atoms with Crippen LogP contribution in [-0.2, 0) is 14.3 Å². The number of benzene rings is 1. The molecule has 1 rings (SSSR count). The lowest BCUT2D eigenvalue weighted by Crippen LogP contribution is -2.11. The summed E-state index contributed by atoms with van der Waals surface area (Å²) in [6, 6.07) is 6.52. The van der Waals surface area contributed by atoms with Crippen molar-refractivity contribution in [2.45, 2.75) is 12.8 Å². The summed E-state index contributed by atoms with van der Waals surface area (Å²) < 4.78 is 4.51. The lowest BCUT2D eigenvalue weighted by atomic mass is 10.2. The first-order chi connectivity index (χ1) is 8.63. The molecule has 0 fully saturated rings. The van der Waals surface area contributed by atoms with Crippen LogP contribution in [0.5, 0.6) is 5.75 Å². The molecule has 0 aliphatic rings. The van der Waals surface area contributed by atoms with E-state index in [0.717, 1.165) is 6.08 Å². The molecule has 0 bridgehead atoms. The van der Waals surface area contributed by atoms with Crippen LogP contribution in [0.15, 0.2) is 30.3 Å². The smallest absolute Gasteiger partial charge is 0.338 e. The van der Waals surface area contributed by atoms with Crippen molar-refractivity contribution in [3.63, 3.8) is 0 Å². The maximum Gasteiger partial charge on any atom is 0.338 e. The van der Waals surface area contributed by atoms with Crippen LogP contribution in [0.1, 0.15) is 18.4 Å². The summed E-state index contributed by atoms with van der Waals surface area (Å²) in [5.41, 5.74) is 5.70. The molecule has 5 nitrogen and oxygen atoms in total. The van der Waals surface area contributed by atoms with Crippen molar-refractivity contribution in [1.82, 2.24) is 0 Å². The molecule has 0 spiro atoms. The Morgan fingerprint density at radius 1 is 1.33 bits per heavy atom. The van der Waals surface area contributed by atoms with Gasteiger partial charge < -0.3 is 15.6 Å². The molecule has 5 heteroatoms. The van der Waals surface area contributed by atoms with E-state index in [2.05, 4.69) is 4.74 Å². The zero-order valence-electron chi connectivity index (χ0n) is 9.83. The Hall–Kier alpha value is -2.14. The number of phenolic OH excluding ortho intramolecular Hbond substituents is 1. The summed E-state index contributed by atoms with van der Waals surface area (Å²) in [6.45, 7) is 0.372. The van der Waals surface area contributed by atoms with Gasteiger partial charge in [0.15, 0.2) is 0 Å². The minimum Gasteiger partial charge on any atom is -0.507 e. The van der Waals surface area contributed by atoms with E-state index in [1.165, 1.54) is 12.1 Å². The molecule has 0 heterocycles. The summed E-state index contributed by atoms with van der Waals surface area (Å²) >= 11 is 0. The third-order valence-corrected chi connectivity index (χ3v) is 2.14. The molecule has 1 aromatic carbocycles. The van der Waals surface area contributed by atoms with E-state index in [0.29, 0.717) is 18.5 Å². The van der Waals surface area contributed by atoms with Crippen LogP contribution in [0, 0.1) is 0 Å². The Kier molecular flexibility index (Phi) is 5.60. The number of carbonyl (C=O) groups excluding carboxylic acids is 2. The zero-order chi connectivity index (χ0) is 13.4. The molecule has 0 saturated carbocycles. The fourth-order valence-corrected chi connectivity index (χ4v) is 1.23. The van der Waals surface area contributed by atoms with E-state index in [-0.39, 0.29) is 12.2 Å². The number of nitrogens with two attached hydrogens (primary N) is 1. The number of carbonyl (C=O) groups is 2. The molecule has 0 atom stereocenters. The zero-order valence-corrected chi connectivity index (χ0v) is 9.83. The highest BCUT2D eigenvalue weighted by molar-refractivity contribution is 5.95. The number of hydrogen-bond acceptors (Lipinski definition) is 5. The average Bonchev–Trinajstić information content (AvgIpc) is 2.35. The van der Waals surface area contributed by atoms with Gasteiger partial charge in [-0.2, -0.15) is 0 Å². The molecule has 0 amide bonds. The second-order valence-electron chi connectivity index (χ2n) is 3.58. The summed E-state index contributed by atoms with van der Waals surface area (Å²) in [7, 11) is 0. The quantitative estimate of drug-likeness (QED) is 0.465. The summed E-state index contributed by atoms with van der Waals surface area (Å²) in [6.07, 6.45) is 3.07. The van der Waals surface area contributed by atoms with Crippen molar-refractivity contribution >= 4 is 18.0 Å². The third-order valence-electron chi connectivity index (χ3n) is 2.14. The van der Waals surface area contributed by atoms with Gasteiger partial charge in [-0.15, -0.1) is 0 Å². The molecule has 18 heavy (non-hydrogen) atoms. The molecular weight excluding hydrogens is 234 g/mol. The second-order valence-corrected chi connectivity index (χ2v) is 3.58. The topological polar surface area (TPSA) is 89.6 Å². The van der Waals surface area contributed by atoms with Crippen LogP contribution < -0.4 is 5.73 Å². The van der Waals surface area contributed by atoms with Gasteiger partial charge in [0, 0.05) is 18.1 Å². The number of esters is 2. The highest BCUT2D eigenvalue weighted by Crippen LogP contribution is 2.16. The molecule has 0 radical (unpaired) electrons. The summed E-state index contributed by atoms with van der Waals surface area (Å²) in [5.74, 6) is -1.32. The highest BCUT2D eigenvalue weighted by atomic mass is 16.6. The Labute approximate surface area is 105 Å². The maximum atomic E-state index is 11.3. The average molecular weight is 249 g/mol. The molecule has 0 aliphatic carbocycles. The van der Waals surface area contributed by atoms with Gasteiger partial charge in [0.05, 0.1) is 0 Å². The standard InChI is InChI=1S/C13H15NO4/c14-9-3-6-12(16)18-13(17)8-7-10-4-1-2-5-11(10)15/h1-2,4-5,7-8,15H,3,6,9,14H2/b8-7+. The number of phenols is 1. The third kappa shape index (κ3) is 4.80. The van der Waals surface area contributed by atoms with Gasteiger partial charge in [0.25, 0.3) is 0 Å². The van der Waals surface area contributed by atoms with Gasteiger partial charge >= 0.3 is 11.9 Å². The van der Waals surface area contributed by atoms with E-state index in [4.69, 9.17) is 5.73 Å². The van der Waals surface area contributed by atoms with Gasteiger partial charge in [-0.1, -0.05) is 18.2 Å². The van der Waals surface area contributed by atoms with E-state index in [1.807, 2.05) is 0 Å². The van der Waals surface area contributed by atoms with Gasteiger partial charge in [0.1, 0.15) is 5.75 Å². The van der Waals surface area contributed by atoms with Crippen molar-refractivity contribution in [2.24, 2.45) is 5.73 Å². The first-order valence-corrected chi connectivity index (χ1v) is 5.54. The van der Waals surface area contributed by atoms with Crippen LogP contribution in [0.2, 0.25) is 0 Å². The van der Waals surface area contributed by atoms with Crippen molar-refractivity contribution in [1.29, 1.82) is 0 Å². The second kappa shape index (κ2) is 7.24.